The highest BCUT2D eigenvalue weighted by Crippen LogP contribution is 2.34. The molecule has 0 aliphatic rings. The molecule has 0 aliphatic carbocycles. The number of hydrogen-bond acceptors (Lipinski definition) is 2. The van der Waals surface area contributed by atoms with Gasteiger partial charge in [-0.05, 0) is 53.2 Å². The number of hydrogen-bond donors (Lipinski definition) is 0. The largest absolute Gasteiger partial charge is 0.456 e. The maximum Gasteiger partial charge on any atom is 0.416 e. The van der Waals surface area contributed by atoms with Crippen LogP contribution in [0.5, 0.6) is 0 Å². The second-order valence-electron chi connectivity index (χ2n) is 6.05. The van der Waals surface area contributed by atoms with E-state index in [1.165, 1.54) is 18.2 Å². The average molecular weight is 382 g/mol. The molecule has 0 bridgehead atoms. The van der Waals surface area contributed by atoms with E-state index in [-0.39, 0.29) is 27.3 Å². The first kappa shape index (κ1) is 17.4. The number of fused-ring (bicyclic) bond motifs is 3. The first-order valence-corrected chi connectivity index (χ1v) is 7.63. The van der Waals surface area contributed by atoms with E-state index in [0.29, 0.717) is 11.5 Å². The lowest BCUT2D eigenvalue weighted by Gasteiger charge is -2.10. The summed E-state index contributed by atoms with van der Waals surface area (Å²) < 4.78 is 82.7. The van der Waals surface area contributed by atoms with Crippen molar-refractivity contribution in [1.82, 2.24) is 0 Å². The van der Waals surface area contributed by atoms with E-state index in [1.54, 1.807) is 0 Å². The second kappa shape index (κ2) is 5.48. The molecule has 0 radical (unpaired) electrons. The minimum Gasteiger partial charge on any atom is -0.456 e. The summed E-state index contributed by atoms with van der Waals surface area (Å²) in [5.41, 5.74) is -2.60. The SMILES string of the molecule is O=c1c2cc(C(F)(F)F)ccc2oc2cc3cc(C(F)(F)F)ccc3cc12. The van der Waals surface area contributed by atoms with Gasteiger partial charge in [-0.3, -0.25) is 4.79 Å². The Bertz CT molecular complexity index is 1270. The quantitative estimate of drug-likeness (QED) is 0.270. The number of rotatable bonds is 0. The fraction of sp³-hybridized carbons (Fsp3) is 0.105. The lowest BCUT2D eigenvalue weighted by atomic mass is 10.0. The molecule has 2 nitrogen and oxygen atoms in total. The molecular formula is C19H8F6O2. The highest BCUT2D eigenvalue weighted by Gasteiger charge is 2.31. The maximum absolute atomic E-state index is 12.9. The molecule has 138 valence electrons. The van der Waals surface area contributed by atoms with Crippen LogP contribution in [-0.2, 0) is 12.4 Å². The van der Waals surface area contributed by atoms with Crippen molar-refractivity contribution in [2.45, 2.75) is 12.4 Å². The molecule has 0 N–H and O–H groups in total. The van der Waals surface area contributed by atoms with Crippen molar-refractivity contribution in [2.24, 2.45) is 0 Å². The molecular weight excluding hydrogens is 374 g/mol. The summed E-state index contributed by atoms with van der Waals surface area (Å²) in [6, 6.07) is 8.10. The zero-order valence-corrected chi connectivity index (χ0v) is 13.2. The van der Waals surface area contributed by atoms with Gasteiger partial charge in [0.2, 0.25) is 5.43 Å². The predicted molar refractivity (Wildman–Crippen MR) is 87.5 cm³/mol. The van der Waals surface area contributed by atoms with E-state index in [1.807, 2.05) is 0 Å². The van der Waals surface area contributed by atoms with Crippen molar-refractivity contribution in [3.63, 3.8) is 0 Å². The number of benzene rings is 3. The number of halogens is 6. The Kier molecular flexibility index (Phi) is 3.53. The molecule has 0 amide bonds. The highest BCUT2D eigenvalue weighted by molar-refractivity contribution is 5.99. The summed E-state index contributed by atoms with van der Waals surface area (Å²) in [6.45, 7) is 0. The summed E-state index contributed by atoms with van der Waals surface area (Å²) in [5, 5.41) is 0.290. The zero-order chi connectivity index (χ0) is 19.6. The van der Waals surface area contributed by atoms with Crippen LogP contribution >= 0.6 is 0 Å². The standard InChI is InChI=1S/C19H8F6O2/c20-18(21,22)11-2-1-9-6-13-16(7-10(9)5-11)27-15-4-3-12(19(23,24)25)8-14(15)17(13)26/h1-8H. The summed E-state index contributed by atoms with van der Waals surface area (Å²) in [5.74, 6) is 0. The first-order valence-electron chi connectivity index (χ1n) is 7.63. The molecule has 0 fully saturated rings. The predicted octanol–water partition coefficient (Wildman–Crippen LogP) is 6.14. The van der Waals surface area contributed by atoms with E-state index >= 15 is 0 Å². The smallest absolute Gasteiger partial charge is 0.416 e. The van der Waals surface area contributed by atoms with Crippen molar-refractivity contribution in [2.75, 3.05) is 0 Å². The molecule has 0 unspecified atom stereocenters. The van der Waals surface area contributed by atoms with Crippen LogP contribution in [0.3, 0.4) is 0 Å². The van der Waals surface area contributed by atoms with Gasteiger partial charge in [-0.15, -0.1) is 0 Å². The maximum atomic E-state index is 12.9. The van der Waals surface area contributed by atoms with Crippen LogP contribution in [0.25, 0.3) is 32.7 Å². The molecule has 27 heavy (non-hydrogen) atoms. The van der Waals surface area contributed by atoms with Crippen molar-refractivity contribution in [3.8, 4) is 0 Å². The average Bonchev–Trinajstić information content (AvgIpc) is 2.58. The third-order valence-electron chi connectivity index (χ3n) is 4.28. The Hall–Kier alpha value is -3.03. The first-order chi connectivity index (χ1) is 12.5. The zero-order valence-electron chi connectivity index (χ0n) is 13.2. The molecule has 1 aromatic heterocycles. The van der Waals surface area contributed by atoms with Crippen LogP contribution in [0.1, 0.15) is 11.1 Å². The molecule has 0 spiro atoms. The van der Waals surface area contributed by atoms with E-state index in [4.69, 9.17) is 4.42 Å². The molecule has 0 saturated carbocycles. The third-order valence-corrected chi connectivity index (χ3v) is 4.28. The van der Waals surface area contributed by atoms with Gasteiger partial charge in [0.25, 0.3) is 0 Å². The van der Waals surface area contributed by atoms with Crippen molar-refractivity contribution >= 4 is 32.7 Å². The summed E-state index contributed by atoms with van der Waals surface area (Å²) in [4.78, 5) is 12.6. The van der Waals surface area contributed by atoms with Gasteiger partial charge in [0.15, 0.2) is 0 Å². The summed E-state index contributed by atoms with van der Waals surface area (Å²) in [7, 11) is 0. The van der Waals surface area contributed by atoms with E-state index < -0.39 is 28.9 Å². The minimum absolute atomic E-state index is 0.000849. The van der Waals surface area contributed by atoms with Gasteiger partial charge in [-0.2, -0.15) is 26.3 Å². The Morgan fingerprint density at radius 2 is 1.22 bits per heavy atom. The highest BCUT2D eigenvalue weighted by atomic mass is 19.4. The third kappa shape index (κ3) is 2.90. The lowest BCUT2D eigenvalue weighted by molar-refractivity contribution is -0.138. The van der Waals surface area contributed by atoms with Crippen molar-refractivity contribution in [3.05, 3.63) is 69.9 Å². The Balaban J connectivity index is 2.03. The monoisotopic (exact) mass is 382 g/mol. The van der Waals surface area contributed by atoms with Crippen molar-refractivity contribution in [1.29, 1.82) is 0 Å². The van der Waals surface area contributed by atoms with Gasteiger partial charge in [-0.1, -0.05) is 6.07 Å². The minimum atomic E-state index is -4.62. The molecule has 3 aromatic carbocycles. The Labute approximate surface area is 146 Å². The van der Waals surface area contributed by atoms with E-state index in [0.717, 1.165) is 24.3 Å². The fourth-order valence-corrected chi connectivity index (χ4v) is 2.95. The molecule has 4 aromatic rings. The fourth-order valence-electron chi connectivity index (χ4n) is 2.95. The van der Waals surface area contributed by atoms with Crippen LogP contribution in [-0.4, -0.2) is 0 Å². The topological polar surface area (TPSA) is 30.2 Å². The van der Waals surface area contributed by atoms with Gasteiger partial charge in [0.1, 0.15) is 11.2 Å². The van der Waals surface area contributed by atoms with Gasteiger partial charge in [-0.25, -0.2) is 0 Å². The van der Waals surface area contributed by atoms with Crippen LogP contribution in [0.15, 0.2) is 57.7 Å². The van der Waals surface area contributed by atoms with Gasteiger partial charge in [0.05, 0.1) is 21.9 Å². The molecule has 4 rings (SSSR count). The Morgan fingerprint density at radius 1 is 0.630 bits per heavy atom. The molecule has 0 saturated heterocycles. The normalized spacial score (nSPS) is 13.0. The van der Waals surface area contributed by atoms with E-state index in [9.17, 15) is 31.1 Å². The van der Waals surface area contributed by atoms with Crippen LogP contribution in [0.4, 0.5) is 26.3 Å². The van der Waals surface area contributed by atoms with Gasteiger partial charge in [0, 0.05) is 0 Å². The van der Waals surface area contributed by atoms with Crippen LogP contribution in [0, 0.1) is 0 Å². The van der Waals surface area contributed by atoms with Crippen molar-refractivity contribution < 1.29 is 30.8 Å². The van der Waals surface area contributed by atoms with E-state index in [2.05, 4.69) is 0 Å². The molecule has 0 aliphatic heterocycles. The van der Waals surface area contributed by atoms with Gasteiger partial charge < -0.3 is 4.42 Å². The molecule has 8 heteroatoms. The number of alkyl halides is 6. The summed E-state index contributed by atoms with van der Waals surface area (Å²) >= 11 is 0. The molecule has 0 atom stereocenters. The summed E-state index contributed by atoms with van der Waals surface area (Å²) in [6.07, 6.45) is -9.14. The lowest BCUT2D eigenvalue weighted by Crippen LogP contribution is -2.08. The second-order valence-corrected chi connectivity index (χ2v) is 6.05. The van der Waals surface area contributed by atoms with Crippen LogP contribution < -0.4 is 5.43 Å². The Morgan fingerprint density at radius 3 is 1.89 bits per heavy atom. The van der Waals surface area contributed by atoms with Crippen LogP contribution in [0.2, 0.25) is 0 Å². The molecule has 1 heterocycles. The van der Waals surface area contributed by atoms with Gasteiger partial charge >= 0.3 is 12.4 Å².